The summed E-state index contributed by atoms with van der Waals surface area (Å²) in [6, 6.07) is 1.40. The van der Waals surface area contributed by atoms with Crippen LogP contribution in [0.4, 0.5) is 0 Å². The summed E-state index contributed by atoms with van der Waals surface area (Å²) in [5.74, 6) is 1.63. The van der Waals surface area contributed by atoms with Crippen LogP contribution in [0, 0.1) is 17.3 Å². The van der Waals surface area contributed by atoms with Crippen LogP contribution in [0.1, 0.15) is 67.2 Å². The molecule has 1 N–H and O–H groups in total. The first-order valence-electron chi connectivity index (χ1n) is 8.77. The predicted octanol–water partition coefficient (Wildman–Crippen LogP) is 4.16. The smallest absolute Gasteiger partial charge is 0.0252 e. The van der Waals surface area contributed by atoms with Crippen molar-refractivity contribution in [2.75, 3.05) is 20.1 Å². The molecule has 3 unspecified atom stereocenters. The molecule has 1 rings (SSSR count). The molecule has 0 aliphatic heterocycles. The van der Waals surface area contributed by atoms with Crippen molar-refractivity contribution >= 4 is 0 Å². The standard InChI is InChI=1S/C18H38N2/c1-8-18(5,6)15-10-11-16(19-7)17(12-15)20(9-2)13-14(3)4/h14-17,19H,8-13H2,1-7H3. The van der Waals surface area contributed by atoms with Crippen molar-refractivity contribution in [3.05, 3.63) is 0 Å². The molecule has 120 valence electrons. The summed E-state index contributed by atoms with van der Waals surface area (Å²) in [6.07, 6.45) is 5.39. The third kappa shape index (κ3) is 4.46. The van der Waals surface area contributed by atoms with Crippen molar-refractivity contribution in [3.8, 4) is 0 Å². The maximum absolute atomic E-state index is 3.59. The largest absolute Gasteiger partial charge is 0.315 e. The lowest BCUT2D eigenvalue weighted by Gasteiger charge is -2.47. The van der Waals surface area contributed by atoms with Crippen molar-refractivity contribution in [2.45, 2.75) is 79.3 Å². The highest BCUT2D eigenvalue weighted by atomic mass is 15.2. The molecule has 1 aliphatic carbocycles. The average Bonchev–Trinajstić information content (AvgIpc) is 2.43. The Morgan fingerprint density at radius 3 is 2.30 bits per heavy atom. The minimum atomic E-state index is 0.494. The van der Waals surface area contributed by atoms with Crippen LogP contribution in [0.5, 0.6) is 0 Å². The summed E-state index contributed by atoms with van der Waals surface area (Å²) in [7, 11) is 2.15. The van der Waals surface area contributed by atoms with E-state index >= 15 is 0 Å². The molecule has 20 heavy (non-hydrogen) atoms. The second-order valence-electron chi connectivity index (χ2n) is 7.80. The maximum atomic E-state index is 3.59. The van der Waals surface area contributed by atoms with Gasteiger partial charge in [0.15, 0.2) is 0 Å². The van der Waals surface area contributed by atoms with E-state index in [1.54, 1.807) is 0 Å². The lowest BCUT2D eigenvalue weighted by atomic mass is 9.67. The molecule has 0 bridgehead atoms. The highest BCUT2D eigenvalue weighted by molar-refractivity contribution is 4.94. The van der Waals surface area contributed by atoms with Crippen molar-refractivity contribution < 1.29 is 0 Å². The fourth-order valence-electron chi connectivity index (χ4n) is 3.85. The molecule has 1 saturated carbocycles. The SMILES string of the molecule is CCN(CC(C)C)C1CC(C(C)(C)CC)CCC1NC. The molecule has 2 heteroatoms. The van der Waals surface area contributed by atoms with E-state index in [0.717, 1.165) is 17.9 Å². The fourth-order valence-corrected chi connectivity index (χ4v) is 3.85. The van der Waals surface area contributed by atoms with Crippen molar-refractivity contribution in [1.29, 1.82) is 0 Å². The molecule has 0 heterocycles. The number of likely N-dealkylation sites (N-methyl/N-ethyl adjacent to an activating group) is 2. The summed E-state index contributed by atoms with van der Waals surface area (Å²) in [6.45, 7) is 16.7. The molecule has 1 fully saturated rings. The van der Waals surface area contributed by atoms with Crippen LogP contribution in [-0.4, -0.2) is 37.1 Å². The zero-order valence-corrected chi connectivity index (χ0v) is 15.0. The third-order valence-corrected chi connectivity index (χ3v) is 5.68. The second kappa shape index (κ2) is 7.79. The van der Waals surface area contributed by atoms with Gasteiger partial charge >= 0.3 is 0 Å². The van der Waals surface area contributed by atoms with E-state index in [4.69, 9.17) is 0 Å². The summed E-state index contributed by atoms with van der Waals surface area (Å²) < 4.78 is 0. The van der Waals surface area contributed by atoms with Gasteiger partial charge in [-0.25, -0.2) is 0 Å². The van der Waals surface area contributed by atoms with Crippen molar-refractivity contribution in [2.24, 2.45) is 17.3 Å². The van der Waals surface area contributed by atoms with E-state index in [1.165, 1.54) is 38.8 Å². The van der Waals surface area contributed by atoms with Crippen LogP contribution in [0.2, 0.25) is 0 Å². The molecule has 3 atom stereocenters. The van der Waals surface area contributed by atoms with Crippen LogP contribution < -0.4 is 5.32 Å². The number of rotatable bonds is 7. The topological polar surface area (TPSA) is 15.3 Å². The fraction of sp³-hybridized carbons (Fsp3) is 1.00. The van der Waals surface area contributed by atoms with Gasteiger partial charge in [0.25, 0.3) is 0 Å². The first kappa shape index (κ1) is 18.0. The lowest BCUT2D eigenvalue weighted by molar-refractivity contribution is 0.0487. The molecule has 0 saturated heterocycles. The van der Waals surface area contributed by atoms with Crippen LogP contribution >= 0.6 is 0 Å². The van der Waals surface area contributed by atoms with Gasteiger partial charge in [0.2, 0.25) is 0 Å². The zero-order valence-electron chi connectivity index (χ0n) is 15.0. The molecular weight excluding hydrogens is 244 g/mol. The molecule has 0 radical (unpaired) electrons. The second-order valence-corrected chi connectivity index (χ2v) is 7.80. The van der Waals surface area contributed by atoms with E-state index in [1.807, 2.05) is 0 Å². The Labute approximate surface area is 127 Å². The van der Waals surface area contributed by atoms with Crippen LogP contribution in [0.25, 0.3) is 0 Å². The van der Waals surface area contributed by atoms with Gasteiger partial charge in [-0.3, -0.25) is 4.90 Å². The van der Waals surface area contributed by atoms with Crippen molar-refractivity contribution in [1.82, 2.24) is 10.2 Å². The molecule has 2 nitrogen and oxygen atoms in total. The van der Waals surface area contributed by atoms with Crippen LogP contribution in [0.15, 0.2) is 0 Å². The van der Waals surface area contributed by atoms with Gasteiger partial charge in [-0.15, -0.1) is 0 Å². The van der Waals surface area contributed by atoms with Crippen molar-refractivity contribution in [3.63, 3.8) is 0 Å². The van der Waals surface area contributed by atoms with Gasteiger partial charge < -0.3 is 5.32 Å². The molecular formula is C18H38N2. The van der Waals surface area contributed by atoms with Gasteiger partial charge in [-0.1, -0.05) is 48.0 Å². The van der Waals surface area contributed by atoms with E-state index in [2.05, 4.69) is 58.8 Å². The Balaban J connectivity index is 2.81. The summed E-state index contributed by atoms with van der Waals surface area (Å²) in [4.78, 5) is 2.73. The molecule has 0 aromatic heterocycles. The van der Waals surface area contributed by atoms with Gasteiger partial charge in [-0.2, -0.15) is 0 Å². The summed E-state index contributed by atoms with van der Waals surface area (Å²) >= 11 is 0. The van der Waals surface area contributed by atoms with E-state index < -0.39 is 0 Å². The molecule has 0 aromatic rings. The van der Waals surface area contributed by atoms with Crippen LogP contribution in [-0.2, 0) is 0 Å². The zero-order chi connectivity index (χ0) is 15.3. The predicted molar refractivity (Wildman–Crippen MR) is 90.1 cm³/mol. The first-order chi connectivity index (χ1) is 9.35. The number of hydrogen-bond acceptors (Lipinski definition) is 2. The number of hydrogen-bond donors (Lipinski definition) is 1. The monoisotopic (exact) mass is 282 g/mol. The van der Waals surface area contributed by atoms with Crippen LogP contribution in [0.3, 0.4) is 0 Å². The Kier molecular flexibility index (Phi) is 7.00. The Morgan fingerprint density at radius 1 is 1.20 bits per heavy atom. The molecule has 0 amide bonds. The highest BCUT2D eigenvalue weighted by Crippen LogP contribution is 2.41. The summed E-state index contributed by atoms with van der Waals surface area (Å²) in [5, 5.41) is 3.59. The first-order valence-corrected chi connectivity index (χ1v) is 8.77. The minimum absolute atomic E-state index is 0.494. The van der Waals surface area contributed by atoms with Gasteiger partial charge in [0.1, 0.15) is 0 Å². The number of nitrogens with zero attached hydrogens (tertiary/aromatic N) is 1. The van der Waals surface area contributed by atoms with E-state index in [0.29, 0.717) is 11.5 Å². The van der Waals surface area contributed by atoms with E-state index in [9.17, 15) is 0 Å². The summed E-state index contributed by atoms with van der Waals surface area (Å²) in [5.41, 5.74) is 0.494. The highest BCUT2D eigenvalue weighted by Gasteiger charge is 2.38. The van der Waals surface area contributed by atoms with E-state index in [-0.39, 0.29) is 0 Å². The molecule has 1 aliphatic rings. The lowest BCUT2D eigenvalue weighted by Crippen LogP contribution is -2.54. The average molecular weight is 283 g/mol. The van der Waals surface area contributed by atoms with Gasteiger partial charge in [0.05, 0.1) is 0 Å². The Hall–Kier alpha value is -0.0800. The minimum Gasteiger partial charge on any atom is -0.315 e. The maximum Gasteiger partial charge on any atom is 0.0252 e. The Bertz CT molecular complexity index is 273. The normalized spacial score (nSPS) is 28.4. The Morgan fingerprint density at radius 2 is 1.85 bits per heavy atom. The van der Waals surface area contributed by atoms with Gasteiger partial charge in [0, 0.05) is 18.6 Å². The molecule has 0 spiro atoms. The van der Waals surface area contributed by atoms with Gasteiger partial charge in [-0.05, 0) is 50.1 Å². The third-order valence-electron chi connectivity index (χ3n) is 5.68. The molecule has 0 aromatic carbocycles. The number of nitrogens with one attached hydrogen (secondary N) is 1. The quantitative estimate of drug-likeness (QED) is 0.754.